The third-order valence-electron chi connectivity index (χ3n) is 29.6. The number of anilines is 6. The van der Waals surface area contributed by atoms with E-state index in [1.165, 1.54) is 89.6 Å². The zero-order valence-electron chi connectivity index (χ0n) is 81.9. The van der Waals surface area contributed by atoms with Gasteiger partial charge in [-0.05, 0) is 55.2 Å². The van der Waals surface area contributed by atoms with E-state index < -0.39 is 96.2 Å². The number of ether oxygens (including phenoxy) is 6. The van der Waals surface area contributed by atoms with Crippen LogP contribution in [-0.2, 0) is 28.4 Å². The molecule has 0 saturated carbocycles. The molecular formula is C94H110F4N34O12S4. The summed E-state index contributed by atoms with van der Waals surface area (Å²) in [7, 11) is 0. The number of hydrogen-bond acceptors (Lipinski definition) is 42. The fraction of sp³-hybridized carbons (Fsp3) is 0.447. The number of aromatic amines is 2. The van der Waals surface area contributed by atoms with Crippen molar-refractivity contribution in [1.29, 1.82) is 0 Å². The number of thiazole rings is 4. The smallest absolute Gasteiger partial charge is 0.152 e. The van der Waals surface area contributed by atoms with E-state index in [4.69, 9.17) is 62.8 Å². The molecule has 20 N–H and O–H groups in total. The van der Waals surface area contributed by atoms with Gasteiger partial charge >= 0.3 is 0 Å². The van der Waals surface area contributed by atoms with Gasteiger partial charge in [-0.25, -0.2) is 94.5 Å². The Morgan fingerprint density at radius 2 is 0.588 bits per heavy atom. The second-order valence-corrected chi connectivity index (χ2v) is 42.5. The number of H-pyrrole nitrogens is 2. The summed E-state index contributed by atoms with van der Waals surface area (Å²) >= 11 is 5.92. The number of aliphatic hydroxyl groups is 6. The number of rotatable bonds is 18. The minimum atomic E-state index is -1.67. The summed E-state index contributed by atoms with van der Waals surface area (Å²) in [5.74, 6) is 1.00. The van der Waals surface area contributed by atoms with Crippen molar-refractivity contribution in [2.75, 3.05) is 74.0 Å². The lowest BCUT2D eigenvalue weighted by Crippen LogP contribution is -2.32. The third kappa shape index (κ3) is 18.0. The average Bonchev–Trinajstić information content (AvgIpc) is 1.54. The molecule has 0 radical (unpaired) electrons. The topological polar surface area (TPSA) is 649 Å². The van der Waals surface area contributed by atoms with Crippen molar-refractivity contribution in [3.63, 3.8) is 0 Å². The Labute approximate surface area is 855 Å². The van der Waals surface area contributed by atoms with Gasteiger partial charge in [-0.15, -0.1) is 45.3 Å². The molecule has 0 amide bonds. The molecule has 0 aliphatic carbocycles. The number of alkyl halides is 4. The highest BCUT2D eigenvalue weighted by Gasteiger charge is 2.57. The van der Waals surface area contributed by atoms with Crippen LogP contribution in [0.4, 0.5) is 52.5 Å². The maximum Gasteiger partial charge on any atom is 0.152 e. The van der Waals surface area contributed by atoms with Crippen LogP contribution in [0, 0.1) is 45.8 Å². The Morgan fingerprint density at radius 1 is 0.331 bits per heavy atom. The maximum absolute atomic E-state index is 15.4. The molecule has 21 atom stereocenters. The van der Waals surface area contributed by atoms with E-state index in [1.807, 2.05) is 39.7 Å². The van der Waals surface area contributed by atoms with Gasteiger partial charge in [0.05, 0.1) is 117 Å². The van der Waals surface area contributed by atoms with Gasteiger partial charge in [0.15, 0.2) is 34.9 Å². The van der Waals surface area contributed by atoms with Gasteiger partial charge in [-0.2, -0.15) is 61.4 Å². The quantitative estimate of drug-likeness (QED) is 0.0355. The van der Waals surface area contributed by atoms with Crippen molar-refractivity contribution < 1.29 is 76.6 Å². The first kappa shape index (κ1) is 103. The Bertz CT molecular complexity index is 6920. The average molecular weight is 2110 g/mol. The van der Waals surface area contributed by atoms with Gasteiger partial charge in [0, 0.05) is 114 Å². The summed E-state index contributed by atoms with van der Waals surface area (Å²) in [6.07, 6.45) is 7.80. The SMILES string of the molecule is CC1(C)[C@H](F)[C@@H](CO)O[C@H]1c1cc(-c2nccs2)c2c(N)ncnn12.C[C@@H]1[C@@H](CO)O[C@@H](c2cc(-c3cn[nH]n3)c3c(N)ncnn23)C1(C)C.C[C@@H]1[C@@H](CO)O[C@@H](c2cc(-c3nccs3)c3c(N)ncnn23)C1(C)C.C[C@@H]1[C@@H](CO)O[C@@H](c2cc(-c3nccs3)c3c(N)ncnn23)[C@]1(C)F.C[C@H]1[C@@H](F)[C@H](c2cc(-c3cn[nH]n3)c3c(N)ncnn23)O[C@@H]1CO.C[C@H]1[C@@H](F)[C@H](c2cc(-c3nccs3)c3c(N)ncnn23)O[C@@H]1CO. The molecule has 0 aromatic carbocycles. The lowest BCUT2D eigenvalue weighted by Gasteiger charge is -2.28. The van der Waals surface area contributed by atoms with Gasteiger partial charge in [0.1, 0.15) is 169 Å². The highest BCUT2D eigenvalue weighted by molar-refractivity contribution is 7.14. The molecule has 6 aliphatic rings. The lowest BCUT2D eigenvalue weighted by atomic mass is 9.75. The van der Waals surface area contributed by atoms with Crippen LogP contribution < -0.4 is 34.4 Å². The summed E-state index contributed by atoms with van der Waals surface area (Å²) in [5.41, 5.74) is 47.0. The van der Waals surface area contributed by atoms with Crippen molar-refractivity contribution in [3.8, 4) is 64.8 Å². The first-order valence-corrected chi connectivity index (χ1v) is 50.8. The first-order chi connectivity index (χ1) is 71.0. The lowest BCUT2D eigenvalue weighted by molar-refractivity contribution is -0.0200. The summed E-state index contributed by atoms with van der Waals surface area (Å²) in [6, 6.07) is 11.2. The predicted molar refractivity (Wildman–Crippen MR) is 539 cm³/mol. The van der Waals surface area contributed by atoms with Crippen molar-refractivity contribution in [1.82, 2.24) is 138 Å². The Kier molecular flexibility index (Phi) is 28.7. The largest absolute Gasteiger partial charge is 0.394 e. The van der Waals surface area contributed by atoms with E-state index in [0.717, 1.165) is 64.8 Å². The monoisotopic (exact) mass is 2110 g/mol. The number of nitrogen functional groups attached to an aromatic ring is 6. The van der Waals surface area contributed by atoms with Gasteiger partial charge in [-0.3, -0.25) is 0 Å². The molecule has 0 unspecified atom stereocenters. The standard InChI is InChI=1S/C17H21N5O2S.2C16H18FN5O2S.C16H21N7O2.C15H16FN5O2S.C14H16FN7O2/c1-9-12(7-23)24-14(17(9,2)3)11-6-10(16-19-4-5-25-16)13-15(18)20-8-21-22(11)13;1-16(2)12(17)10(6-23)24-13(16)9-5-8(15-19-3-4-25-15)11-14(18)20-7-21-22(9)11;1-8-11(6-23)24-13(16(8,2)17)10-5-9(15-19-3-4-25-15)12-14(18)20-7-21-22(10)12;1-8-12(6-24)25-14(16(8,2)3)11-4-9(10-5-19-22-21-10)13-15(17)18-7-20-23(11)13;1-7-10(5-22)23-13(11(7)16)9-4-8(15-18-2-3-24-15)12-14(17)19-6-20-21(9)12;1-6-10(4-23)24-13(11(6)15)9-2-7(8-3-18-21-20-8)12-14(16)17-5-19-22(9)12/h4-6,8-9,12,14,23H,7H2,1-3H3,(H2,18,20,21);3-5,7,10,12-13,23H,6H2,1-2H3,(H2,18,20,21);3-5,7-8,11,13,23H,6H2,1-2H3,(H2,18,20,21);4-5,7-8,12,14,24H,6H2,1-3H3,(H2,17,18,20)(H,19,21,22);2-4,6-7,10-11,13,22H,5H2,1H3,(H2,17,19,20);2-3,5-6,10-11,13,23H,4H2,1H3,(H2,16,17,19)(H,18,20,21)/t9-,12-,14+;10-,12-,13+;8-,11-,13+,16-;8-,12-,14+;7-,10-,11-,13+;6-,10-,11-,13+/m111111/s1. The van der Waals surface area contributed by atoms with Crippen LogP contribution in [0.5, 0.6) is 0 Å². The molecule has 0 bridgehead atoms. The zero-order chi connectivity index (χ0) is 105. The van der Waals surface area contributed by atoms with E-state index in [1.54, 1.807) is 118 Å². The number of nitrogens with one attached hydrogen (secondary N) is 2. The molecule has 780 valence electrons. The van der Waals surface area contributed by atoms with E-state index >= 15 is 4.39 Å². The summed E-state index contributed by atoms with van der Waals surface area (Å²) in [6.45, 7) is 21.9. The van der Waals surface area contributed by atoms with Crippen molar-refractivity contribution in [2.24, 2.45) is 45.8 Å². The van der Waals surface area contributed by atoms with Crippen LogP contribution >= 0.6 is 45.3 Å². The van der Waals surface area contributed by atoms with Gasteiger partial charge < -0.3 is 93.5 Å². The maximum atomic E-state index is 15.4. The second kappa shape index (κ2) is 41.2. The minimum Gasteiger partial charge on any atom is -0.394 e. The molecule has 6 aliphatic heterocycles. The van der Waals surface area contributed by atoms with Crippen LogP contribution in [0.25, 0.3) is 97.9 Å². The molecule has 0 spiro atoms. The Balaban J connectivity index is 0.000000112. The van der Waals surface area contributed by atoms with E-state index in [0.29, 0.717) is 90.6 Å². The van der Waals surface area contributed by atoms with Crippen molar-refractivity contribution >= 4 is 113 Å². The van der Waals surface area contributed by atoms with Gasteiger partial charge in [0.25, 0.3) is 0 Å². The molecule has 148 heavy (non-hydrogen) atoms. The van der Waals surface area contributed by atoms with Crippen molar-refractivity contribution in [3.05, 3.63) is 167 Å². The number of nitrogens with zero attached hydrogens (tertiary/aromatic N) is 26. The van der Waals surface area contributed by atoms with Crippen LogP contribution in [0.15, 0.2) is 133 Å². The number of hydrogen-bond donors (Lipinski definition) is 14. The van der Waals surface area contributed by atoms with Crippen LogP contribution in [-0.4, -0.2) is 269 Å². The van der Waals surface area contributed by atoms with Crippen molar-refractivity contribution in [2.45, 2.75) is 181 Å². The first-order valence-electron chi connectivity index (χ1n) is 47.3. The number of aliphatic hydroxyl groups excluding tert-OH is 6. The summed E-state index contributed by atoms with van der Waals surface area (Å²) < 4.78 is 105. The van der Waals surface area contributed by atoms with Gasteiger partial charge in [0.2, 0.25) is 0 Å². The number of fused-ring (bicyclic) bond motifs is 6. The highest BCUT2D eigenvalue weighted by atomic mass is 32.1. The Morgan fingerprint density at radius 3 is 0.851 bits per heavy atom. The second-order valence-electron chi connectivity index (χ2n) is 38.9. The van der Waals surface area contributed by atoms with Gasteiger partial charge in [-0.1, -0.05) is 76.2 Å². The highest BCUT2D eigenvalue weighted by Crippen LogP contribution is 2.57. The van der Waals surface area contributed by atoms with E-state index in [-0.39, 0.29) is 98.4 Å². The number of aromatic nitrogens is 28. The van der Waals surface area contributed by atoms with Crippen LogP contribution in [0.3, 0.4) is 0 Å². The van der Waals surface area contributed by atoms with E-state index in [2.05, 4.69) is 153 Å². The molecule has 6 fully saturated rings. The third-order valence-corrected chi connectivity index (χ3v) is 32.8. The molecule has 24 rings (SSSR count). The minimum absolute atomic E-state index is 0.000858. The van der Waals surface area contributed by atoms with Crippen LogP contribution in [0.2, 0.25) is 0 Å². The number of halogens is 4. The van der Waals surface area contributed by atoms with E-state index in [9.17, 15) is 43.8 Å². The molecule has 18 aromatic rings. The normalized spacial score (nSPS) is 26.8. The molecule has 24 heterocycles. The van der Waals surface area contributed by atoms with Crippen LogP contribution in [0.1, 0.15) is 154 Å². The zero-order valence-corrected chi connectivity index (χ0v) is 85.1. The molecule has 18 aromatic heterocycles. The molecule has 54 heteroatoms. The summed E-state index contributed by atoms with van der Waals surface area (Å²) in [5, 5.41) is 114. The fourth-order valence-electron chi connectivity index (χ4n) is 20.4. The number of nitrogens with two attached hydrogens (primary N) is 6. The predicted octanol–water partition coefficient (Wildman–Crippen LogP) is 10.5. The summed E-state index contributed by atoms with van der Waals surface area (Å²) in [4.78, 5) is 41.8. The molecule has 6 saturated heterocycles. The fourth-order valence-corrected chi connectivity index (χ4v) is 23.0. The molecule has 46 nitrogen and oxygen atoms in total. The Hall–Kier alpha value is -13.4. The molecular weight excluding hydrogens is 2000 g/mol.